The van der Waals surface area contributed by atoms with Crippen molar-refractivity contribution in [2.75, 3.05) is 44.3 Å². The number of pyridine rings is 2. The molecule has 31 heavy (non-hydrogen) atoms. The van der Waals surface area contributed by atoms with Gasteiger partial charge in [0.15, 0.2) is 17.4 Å². The Morgan fingerprint density at radius 2 is 2.03 bits per heavy atom. The maximum atomic E-state index is 12.3. The number of likely N-dealkylation sites (N-methyl/N-ethyl adjacent to an activating group) is 1. The van der Waals surface area contributed by atoms with Crippen LogP contribution in [0.2, 0.25) is 5.15 Å². The first-order valence-electron chi connectivity index (χ1n) is 9.77. The summed E-state index contributed by atoms with van der Waals surface area (Å²) in [6.45, 7) is 1.51. The zero-order valence-corrected chi connectivity index (χ0v) is 19.0. The molecule has 3 aromatic rings. The van der Waals surface area contributed by atoms with Gasteiger partial charge in [0.1, 0.15) is 5.15 Å². The Morgan fingerprint density at radius 1 is 1.26 bits per heavy atom. The van der Waals surface area contributed by atoms with Crippen LogP contribution in [0.15, 0.2) is 24.5 Å². The maximum absolute atomic E-state index is 12.3. The minimum Gasteiger partial charge on any atom is -0.493 e. The van der Waals surface area contributed by atoms with Crippen LogP contribution in [0.3, 0.4) is 0 Å². The number of nitrogens with one attached hydrogen (secondary N) is 2. The molecule has 3 aromatic heterocycles. The van der Waals surface area contributed by atoms with Gasteiger partial charge in [-0.1, -0.05) is 11.6 Å². The Bertz CT molecular complexity index is 1210. The molecule has 2 N–H and O–H groups in total. The Labute approximate surface area is 185 Å². The Hall–Kier alpha value is -2.63. The van der Waals surface area contributed by atoms with Crippen LogP contribution in [0.25, 0.3) is 16.7 Å². The number of ether oxygens (including phenoxy) is 1. The van der Waals surface area contributed by atoms with Crippen molar-refractivity contribution in [1.82, 2.24) is 24.6 Å². The van der Waals surface area contributed by atoms with E-state index in [4.69, 9.17) is 16.3 Å². The molecule has 4 rings (SSSR count). The van der Waals surface area contributed by atoms with Gasteiger partial charge in [-0.25, -0.2) is 23.1 Å². The van der Waals surface area contributed by atoms with Crippen molar-refractivity contribution in [2.24, 2.45) is 0 Å². The van der Waals surface area contributed by atoms with E-state index in [1.807, 2.05) is 14.1 Å². The monoisotopic (exact) mass is 465 g/mol. The number of aromatic nitrogens is 4. The quantitative estimate of drug-likeness (QED) is 0.463. The van der Waals surface area contributed by atoms with Crippen LogP contribution in [0.4, 0.5) is 11.5 Å². The highest BCUT2D eigenvalue weighted by Crippen LogP contribution is 2.33. The molecule has 1 aliphatic rings. The van der Waals surface area contributed by atoms with Crippen molar-refractivity contribution in [3.8, 4) is 11.6 Å². The number of methoxy groups -OCH3 is 1. The second kappa shape index (κ2) is 8.48. The van der Waals surface area contributed by atoms with Crippen molar-refractivity contribution in [3.05, 3.63) is 29.7 Å². The molecule has 1 saturated carbocycles. The first kappa shape index (κ1) is 21.6. The van der Waals surface area contributed by atoms with Gasteiger partial charge in [-0.15, -0.1) is 5.10 Å². The van der Waals surface area contributed by atoms with Crippen LogP contribution in [0.1, 0.15) is 12.8 Å². The number of rotatable bonds is 9. The van der Waals surface area contributed by atoms with E-state index < -0.39 is 10.0 Å². The van der Waals surface area contributed by atoms with Gasteiger partial charge in [0.05, 0.1) is 35.1 Å². The average Bonchev–Trinajstić information content (AvgIpc) is 3.52. The summed E-state index contributed by atoms with van der Waals surface area (Å²) in [5.41, 5.74) is 1.04. The van der Waals surface area contributed by atoms with E-state index in [2.05, 4.69) is 30.0 Å². The van der Waals surface area contributed by atoms with Gasteiger partial charge >= 0.3 is 0 Å². The van der Waals surface area contributed by atoms with Gasteiger partial charge in [-0.2, -0.15) is 0 Å². The molecule has 0 saturated heterocycles. The van der Waals surface area contributed by atoms with Crippen LogP contribution < -0.4 is 14.8 Å². The number of hydrogen-bond acceptors (Lipinski definition) is 8. The summed E-state index contributed by atoms with van der Waals surface area (Å²) in [5, 5.41) is 8.74. The molecule has 1 aliphatic carbocycles. The number of fused-ring (bicyclic) bond motifs is 1. The minimum absolute atomic E-state index is 0.321. The minimum atomic E-state index is -3.40. The van der Waals surface area contributed by atoms with E-state index in [0.29, 0.717) is 53.1 Å². The second-order valence-electron chi connectivity index (χ2n) is 7.61. The molecular formula is C19H24ClN7O3S. The van der Waals surface area contributed by atoms with E-state index >= 15 is 0 Å². The lowest BCUT2D eigenvalue weighted by Gasteiger charge is -2.12. The van der Waals surface area contributed by atoms with Crippen molar-refractivity contribution >= 4 is 44.0 Å². The molecule has 0 bridgehead atoms. The second-order valence-corrected chi connectivity index (χ2v) is 9.96. The van der Waals surface area contributed by atoms with Gasteiger partial charge in [0, 0.05) is 31.4 Å². The van der Waals surface area contributed by atoms with Gasteiger partial charge < -0.3 is 15.0 Å². The lowest BCUT2D eigenvalue weighted by molar-refractivity contribution is 0.410. The summed E-state index contributed by atoms with van der Waals surface area (Å²) in [6, 6.07) is 3.30. The fourth-order valence-corrected chi connectivity index (χ4v) is 4.62. The molecule has 166 valence electrons. The summed E-state index contributed by atoms with van der Waals surface area (Å²) >= 11 is 6.13. The molecule has 0 unspecified atom stereocenters. The van der Waals surface area contributed by atoms with E-state index in [1.165, 1.54) is 13.3 Å². The largest absolute Gasteiger partial charge is 0.493 e. The van der Waals surface area contributed by atoms with Crippen molar-refractivity contribution in [3.63, 3.8) is 0 Å². The summed E-state index contributed by atoms with van der Waals surface area (Å²) in [6.07, 6.45) is 4.46. The van der Waals surface area contributed by atoms with Gasteiger partial charge in [-0.05, 0) is 26.9 Å². The molecule has 0 aliphatic heterocycles. The molecule has 1 fully saturated rings. The molecule has 0 aromatic carbocycles. The molecule has 0 atom stereocenters. The van der Waals surface area contributed by atoms with Crippen LogP contribution in [-0.2, 0) is 10.0 Å². The predicted molar refractivity (Wildman–Crippen MR) is 121 cm³/mol. The van der Waals surface area contributed by atoms with E-state index in [9.17, 15) is 8.42 Å². The lowest BCUT2D eigenvalue weighted by Crippen LogP contribution is -2.21. The fourth-order valence-electron chi connectivity index (χ4n) is 3.10. The third-order valence-corrected chi connectivity index (χ3v) is 6.94. The first-order chi connectivity index (χ1) is 14.8. The zero-order valence-electron chi connectivity index (χ0n) is 17.5. The Morgan fingerprint density at radius 3 is 2.71 bits per heavy atom. The highest BCUT2D eigenvalue weighted by molar-refractivity contribution is 7.93. The number of hydrogen-bond donors (Lipinski definition) is 2. The van der Waals surface area contributed by atoms with E-state index in [1.54, 1.807) is 23.0 Å². The van der Waals surface area contributed by atoms with Crippen molar-refractivity contribution in [2.45, 2.75) is 18.1 Å². The average molecular weight is 466 g/mol. The van der Waals surface area contributed by atoms with E-state index in [-0.39, 0.29) is 5.25 Å². The first-order valence-corrected chi connectivity index (χ1v) is 11.7. The van der Waals surface area contributed by atoms with Gasteiger partial charge in [-0.3, -0.25) is 4.72 Å². The predicted octanol–water partition coefficient (Wildman–Crippen LogP) is 2.36. The summed E-state index contributed by atoms with van der Waals surface area (Å²) in [7, 11) is 2.08. The fraction of sp³-hybridized carbons (Fsp3) is 0.421. The highest BCUT2D eigenvalue weighted by atomic mass is 35.5. The molecule has 0 amide bonds. The van der Waals surface area contributed by atoms with Crippen molar-refractivity contribution in [1.29, 1.82) is 0 Å². The number of anilines is 2. The Kier molecular flexibility index (Phi) is 5.91. The van der Waals surface area contributed by atoms with Crippen LogP contribution in [0.5, 0.6) is 5.75 Å². The van der Waals surface area contributed by atoms with Crippen molar-refractivity contribution < 1.29 is 13.2 Å². The summed E-state index contributed by atoms with van der Waals surface area (Å²) in [5.74, 6) is 1.42. The highest BCUT2D eigenvalue weighted by Gasteiger charge is 2.36. The number of sulfonamides is 1. The zero-order chi connectivity index (χ0) is 22.2. The SMILES string of the molecule is COc1cc(NS(=O)(=O)C2CC2)cnc1-n1nc(NCCN(C)C)c2cnc(Cl)cc21. The summed E-state index contributed by atoms with van der Waals surface area (Å²) in [4.78, 5) is 10.7. The lowest BCUT2D eigenvalue weighted by atomic mass is 10.3. The third-order valence-electron chi connectivity index (χ3n) is 4.86. The third kappa shape index (κ3) is 4.68. The number of nitrogens with zero attached hydrogens (tertiary/aromatic N) is 5. The topological polar surface area (TPSA) is 114 Å². The molecule has 0 radical (unpaired) electrons. The van der Waals surface area contributed by atoms with Crippen LogP contribution in [0, 0.1) is 0 Å². The normalized spacial score (nSPS) is 14.2. The molecule has 12 heteroatoms. The standard InChI is InChI=1S/C19H24ClN7O3S/c1-26(2)7-6-21-18-14-11-22-17(20)9-15(14)27(24-18)19-16(30-3)8-12(10-23-19)25-31(28,29)13-4-5-13/h8-11,13,25H,4-7H2,1-3H3,(H,21,24). The summed E-state index contributed by atoms with van der Waals surface area (Å²) < 4.78 is 34.2. The molecule has 3 heterocycles. The molecule has 0 spiro atoms. The van der Waals surface area contributed by atoms with Crippen LogP contribution in [-0.4, -0.2) is 72.6 Å². The smallest absolute Gasteiger partial charge is 0.235 e. The van der Waals surface area contributed by atoms with Crippen LogP contribution >= 0.6 is 11.6 Å². The maximum Gasteiger partial charge on any atom is 0.235 e. The van der Waals surface area contributed by atoms with Gasteiger partial charge in [0.2, 0.25) is 10.0 Å². The molecule has 10 nitrogen and oxygen atoms in total. The van der Waals surface area contributed by atoms with Gasteiger partial charge in [0.25, 0.3) is 0 Å². The Balaban J connectivity index is 1.72. The van der Waals surface area contributed by atoms with E-state index in [0.717, 1.165) is 11.9 Å². The number of halogens is 1. The molecular weight excluding hydrogens is 442 g/mol.